The van der Waals surface area contributed by atoms with E-state index < -0.39 is 12.0 Å². The molecule has 0 saturated heterocycles. The first kappa shape index (κ1) is 26.2. The zero-order valence-corrected chi connectivity index (χ0v) is 24.5. The minimum atomic E-state index is -0.705. The number of halogens is 1. The predicted octanol–water partition coefficient (Wildman–Crippen LogP) is 5.88. The molecule has 0 fully saturated rings. The molecule has 200 valence electrons. The van der Waals surface area contributed by atoms with Crippen molar-refractivity contribution in [3.8, 4) is 5.75 Å². The molecule has 1 atom stereocenters. The van der Waals surface area contributed by atoms with E-state index in [9.17, 15) is 9.59 Å². The maximum atomic E-state index is 14.2. The molecule has 1 aliphatic heterocycles. The second-order valence-corrected chi connectivity index (χ2v) is 11.3. The van der Waals surface area contributed by atoms with Crippen molar-refractivity contribution in [3.05, 3.63) is 119 Å². The average molecular weight is 614 g/mol. The lowest BCUT2D eigenvalue weighted by atomic mass is 9.95. The van der Waals surface area contributed by atoms with Crippen molar-refractivity contribution >= 4 is 60.9 Å². The summed E-state index contributed by atoms with van der Waals surface area (Å²) in [6.07, 6.45) is 1.96. The van der Waals surface area contributed by atoms with Crippen LogP contribution in [-0.4, -0.2) is 24.3 Å². The van der Waals surface area contributed by atoms with Gasteiger partial charge in [-0.2, -0.15) is 0 Å². The van der Waals surface area contributed by atoms with Crippen LogP contribution in [0.4, 0.5) is 0 Å². The minimum absolute atomic E-state index is 0.215. The molecule has 0 spiro atoms. The van der Waals surface area contributed by atoms with E-state index in [1.165, 1.54) is 11.3 Å². The second kappa shape index (κ2) is 10.5. The standard InChI is InChI=1S/C32H25BrN2O4S/c1-4-39-31(37)28-18(2)34-32-35(29(28)21-13-14-26(38-3)25(33)16-21)30(36)27(40-32)17-24-22-11-7-5-9-19(22)15-20-10-6-8-12-23(20)24/h5-17,29H,4H2,1-3H3/b27-17+/t29-/m0/s1. The Kier molecular flexibility index (Phi) is 6.90. The number of rotatable bonds is 5. The fourth-order valence-electron chi connectivity index (χ4n) is 5.30. The van der Waals surface area contributed by atoms with E-state index in [0.29, 0.717) is 26.4 Å². The van der Waals surface area contributed by atoms with Gasteiger partial charge in [0.2, 0.25) is 0 Å². The van der Waals surface area contributed by atoms with E-state index in [0.717, 1.165) is 37.1 Å². The third-order valence-electron chi connectivity index (χ3n) is 7.10. The summed E-state index contributed by atoms with van der Waals surface area (Å²) in [7, 11) is 1.59. The average Bonchev–Trinajstić information content (AvgIpc) is 3.26. The van der Waals surface area contributed by atoms with E-state index in [2.05, 4.69) is 46.3 Å². The molecule has 5 aromatic rings. The minimum Gasteiger partial charge on any atom is -0.496 e. The quantitative estimate of drug-likeness (QED) is 0.184. The monoisotopic (exact) mass is 612 g/mol. The number of esters is 1. The van der Waals surface area contributed by atoms with Gasteiger partial charge in [0.25, 0.3) is 5.56 Å². The van der Waals surface area contributed by atoms with Crippen molar-refractivity contribution in [2.45, 2.75) is 19.9 Å². The molecule has 6 nitrogen and oxygen atoms in total. The highest BCUT2D eigenvalue weighted by molar-refractivity contribution is 9.10. The van der Waals surface area contributed by atoms with Gasteiger partial charge in [-0.3, -0.25) is 9.36 Å². The molecule has 6 rings (SSSR count). The first-order valence-electron chi connectivity index (χ1n) is 12.8. The number of thiazole rings is 1. The van der Waals surface area contributed by atoms with Crippen molar-refractivity contribution in [3.63, 3.8) is 0 Å². The summed E-state index contributed by atoms with van der Waals surface area (Å²) >= 11 is 4.88. The third-order valence-corrected chi connectivity index (χ3v) is 8.70. The maximum Gasteiger partial charge on any atom is 0.338 e. The Hall–Kier alpha value is -4.01. The first-order valence-corrected chi connectivity index (χ1v) is 14.5. The van der Waals surface area contributed by atoms with Crippen LogP contribution in [0.2, 0.25) is 0 Å². The van der Waals surface area contributed by atoms with Crippen LogP contribution in [-0.2, 0) is 9.53 Å². The Morgan fingerprint density at radius 2 is 1.73 bits per heavy atom. The second-order valence-electron chi connectivity index (χ2n) is 9.43. The normalized spacial score (nSPS) is 15.3. The summed E-state index contributed by atoms with van der Waals surface area (Å²) in [4.78, 5) is 32.6. The number of hydrogen-bond acceptors (Lipinski definition) is 6. The van der Waals surface area contributed by atoms with Gasteiger partial charge in [0.15, 0.2) is 4.80 Å². The largest absolute Gasteiger partial charge is 0.496 e. The van der Waals surface area contributed by atoms with E-state index >= 15 is 0 Å². The highest BCUT2D eigenvalue weighted by atomic mass is 79.9. The number of benzene rings is 4. The molecular formula is C32H25BrN2O4S. The highest BCUT2D eigenvalue weighted by Gasteiger charge is 2.33. The molecule has 4 aromatic carbocycles. The van der Waals surface area contributed by atoms with Gasteiger partial charge in [0, 0.05) is 0 Å². The number of aromatic nitrogens is 1. The van der Waals surface area contributed by atoms with Crippen LogP contribution in [0.3, 0.4) is 0 Å². The lowest BCUT2D eigenvalue weighted by molar-refractivity contribution is -0.139. The Balaban J connectivity index is 1.64. The zero-order valence-electron chi connectivity index (χ0n) is 22.1. The predicted molar refractivity (Wildman–Crippen MR) is 163 cm³/mol. The summed E-state index contributed by atoms with van der Waals surface area (Å²) in [5, 5.41) is 4.32. The summed E-state index contributed by atoms with van der Waals surface area (Å²) in [5.74, 6) is 0.160. The van der Waals surface area contributed by atoms with Crippen molar-refractivity contribution in [1.82, 2.24) is 4.57 Å². The SMILES string of the molecule is CCOC(=O)C1=C(C)N=c2s/c(=C/c3c4ccccc4cc4ccccc34)c(=O)n2[C@H]1c1ccc(OC)c(Br)c1. The number of carbonyl (C=O) groups is 1. The lowest BCUT2D eigenvalue weighted by Gasteiger charge is -2.25. The van der Waals surface area contributed by atoms with Crippen LogP contribution in [0.15, 0.2) is 98.3 Å². The van der Waals surface area contributed by atoms with Gasteiger partial charge < -0.3 is 9.47 Å². The molecule has 8 heteroatoms. The number of nitrogens with zero attached hydrogens (tertiary/aromatic N) is 2. The molecule has 0 radical (unpaired) electrons. The van der Waals surface area contributed by atoms with E-state index in [1.54, 1.807) is 25.5 Å². The molecule has 0 N–H and O–H groups in total. The molecule has 40 heavy (non-hydrogen) atoms. The van der Waals surface area contributed by atoms with Gasteiger partial charge in [-0.1, -0.05) is 65.9 Å². The number of hydrogen-bond donors (Lipinski definition) is 0. The maximum absolute atomic E-state index is 14.2. The number of fused-ring (bicyclic) bond motifs is 3. The van der Waals surface area contributed by atoms with Crippen molar-refractivity contribution in [2.24, 2.45) is 4.99 Å². The molecule has 0 aliphatic carbocycles. The molecule has 2 heterocycles. The topological polar surface area (TPSA) is 69.9 Å². The molecule has 0 amide bonds. The lowest BCUT2D eigenvalue weighted by Crippen LogP contribution is -2.40. The Bertz CT molecular complexity index is 1990. The fraction of sp³-hybridized carbons (Fsp3) is 0.156. The van der Waals surface area contributed by atoms with E-state index in [-0.39, 0.29) is 12.2 Å². The summed E-state index contributed by atoms with van der Waals surface area (Å²) < 4.78 is 13.7. The Morgan fingerprint density at radius 3 is 2.35 bits per heavy atom. The van der Waals surface area contributed by atoms with Crippen molar-refractivity contribution < 1.29 is 14.3 Å². The van der Waals surface area contributed by atoms with Crippen molar-refractivity contribution in [1.29, 1.82) is 0 Å². The Morgan fingerprint density at radius 1 is 1.05 bits per heavy atom. The zero-order chi connectivity index (χ0) is 28.0. The van der Waals surface area contributed by atoms with Gasteiger partial charge in [-0.05, 0) is 86.7 Å². The van der Waals surface area contributed by atoms with Gasteiger partial charge in [0.1, 0.15) is 5.75 Å². The van der Waals surface area contributed by atoms with Gasteiger partial charge in [0.05, 0.1) is 40.0 Å². The molecule has 0 unspecified atom stereocenters. The van der Waals surface area contributed by atoms with Crippen molar-refractivity contribution in [2.75, 3.05) is 13.7 Å². The molecule has 1 aliphatic rings. The van der Waals surface area contributed by atoms with Crippen LogP contribution >= 0.6 is 27.3 Å². The van der Waals surface area contributed by atoms with E-state index in [4.69, 9.17) is 14.5 Å². The van der Waals surface area contributed by atoms with Crippen LogP contribution in [0, 0.1) is 0 Å². The molecule has 1 aromatic heterocycles. The molecule has 0 saturated carbocycles. The van der Waals surface area contributed by atoms with E-state index in [1.807, 2.05) is 48.5 Å². The number of ether oxygens (including phenoxy) is 2. The third kappa shape index (κ3) is 4.37. The number of carbonyl (C=O) groups excluding carboxylic acids is 1. The first-order chi connectivity index (χ1) is 19.4. The van der Waals surface area contributed by atoms with Crippen LogP contribution in [0.25, 0.3) is 27.6 Å². The fourth-order valence-corrected chi connectivity index (χ4v) is 6.88. The molecular weight excluding hydrogens is 588 g/mol. The smallest absolute Gasteiger partial charge is 0.338 e. The van der Waals surface area contributed by atoms with Crippen LogP contribution < -0.4 is 19.6 Å². The van der Waals surface area contributed by atoms with Crippen LogP contribution in [0.1, 0.15) is 31.0 Å². The number of allylic oxidation sites excluding steroid dienone is 1. The summed E-state index contributed by atoms with van der Waals surface area (Å²) in [6, 6.07) is 23.4. The van der Waals surface area contributed by atoms with Crippen LogP contribution in [0.5, 0.6) is 5.75 Å². The molecule has 0 bridgehead atoms. The Labute approximate surface area is 242 Å². The summed E-state index contributed by atoms with van der Waals surface area (Å²) in [5.41, 5.74) is 2.37. The number of methoxy groups -OCH3 is 1. The van der Waals surface area contributed by atoms with Gasteiger partial charge in [-0.15, -0.1) is 0 Å². The van der Waals surface area contributed by atoms with Gasteiger partial charge in [-0.25, -0.2) is 9.79 Å². The highest BCUT2D eigenvalue weighted by Crippen LogP contribution is 2.35. The van der Waals surface area contributed by atoms with Gasteiger partial charge >= 0.3 is 5.97 Å². The summed E-state index contributed by atoms with van der Waals surface area (Å²) in [6.45, 7) is 3.76.